The third-order valence-corrected chi connectivity index (χ3v) is 6.36. The Hall–Kier alpha value is -2.04. The Labute approximate surface area is 188 Å². The molecule has 160 valence electrons. The first kappa shape index (κ1) is 22.6. The van der Waals surface area contributed by atoms with E-state index in [-0.39, 0.29) is 24.3 Å². The highest BCUT2D eigenvalue weighted by Crippen LogP contribution is 2.25. The van der Waals surface area contributed by atoms with Gasteiger partial charge in [-0.15, -0.1) is 0 Å². The number of amides is 2. The number of rotatable bonds is 8. The van der Waals surface area contributed by atoms with Crippen molar-refractivity contribution >= 4 is 35.0 Å². The van der Waals surface area contributed by atoms with Crippen LogP contribution in [0.25, 0.3) is 0 Å². The molecule has 0 spiro atoms. The molecule has 1 N–H and O–H groups in total. The molecule has 0 aromatic heterocycles. The van der Waals surface area contributed by atoms with Crippen LogP contribution in [0.4, 0.5) is 0 Å². The third-order valence-electron chi connectivity index (χ3n) is 5.62. The van der Waals surface area contributed by atoms with Gasteiger partial charge in [-0.3, -0.25) is 9.59 Å². The maximum Gasteiger partial charge on any atom is 0.243 e. The van der Waals surface area contributed by atoms with E-state index in [1.165, 1.54) is 0 Å². The lowest BCUT2D eigenvalue weighted by Crippen LogP contribution is -2.51. The van der Waals surface area contributed by atoms with Crippen LogP contribution in [0.15, 0.2) is 48.5 Å². The minimum atomic E-state index is -0.531. The average molecular weight is 447 g/mol. The van der Waals surface area contributed by atoms with Gasteiger partial charge in [-0.05, 0) is 42.5 Å². The molecule has 4 nitrogen and oxygen atoms in total. The van der Waals surface area contributed by atoms with Crippen molar-refractivity contribution in [1.82, 2.24) is 10.2 Å². The first-order valence-electron chi connectivity index (χ1n) is 10.6. The number of hydrogen-bond acceptors (Lipinski definition) is 2. The van der Waals surface area contributed by atoms with Crippen molar-refractivity contribution in [3.63, 3.8) is 0 Å². The van der Waals surface area contributed by atoms with Gasteiger partial charge in [-0.25, -0.2) is 0 Å². The minimum absolute atomic E-state index is 0.0779. The van der Waals surface area contributed by atoms with E-state index in [1.807, 2.05) is 43.3 Å². The summed E-state index contributed by atoms with van der Waals surface area (Å²) < 4.78 is 0. The van der Waals surface area contributed by atoms with E-state index in [2.05, 4.69) is 5.32 Å². The van der Waals surface area contributed by atoms with Gasteiger partial charge < -0.3 is 10.2 Å². The molecule has 1 aliphatic rings. The van der Waals surface area contributed by atoms with Crippen molar-refractivity contribution in [3.8, 4) is 0 Å². The van der Waals surface area contributed by atoms with Gasteiger partial charge in [0.15, 0.2) is 0 Å². The van der Waals surface area contributed by atoms with Crippen LogP contribution in [-0.4, -0.2) is 28.8 Å². The van der Waals surface area contributed by atoms with E-state index in [1.54, 1.807) is 17.0 Å². The maximum atomic E-state index is 13.3. The molecule has 0 saturated heterocycles. The van der Waals surface area contributed by atoms with Crippen LogP contribution in [0.3, 0.4) is 0 Å². The van der Waals surface area contributed by atoms with E-state index in [4.69, 9.17) is 23.2 Å². The molecular weight excluding hydrogens is 419 g/mol. The molecule has 2 aromatic rings. The van der Waals surface area contributed by atoms with Crippen molar-refractivity contribution in [3.05, 3.63) is 69.7 Å². The molecular formula is C24H28Cl2N2O2. The summed E-state index contributed by atoms with van der Waals surface area (Å²) in [6.45, 7) is 2.25. The molecule has 1 atom stereocenters. The summed E-state index contributed by atoms with van der Waals surface area (Å²) in [6, 6.07) is 14.6. The van der Waals surface area contributed by atoms with Crippen molar-refractivity contribution in [1.29, 1.82) is 0 Å². The highest BCUT2D eigenvalue weighted by Gasteiger charge is 2.30. The Bertz CT molecular complexity index is 867. The number of benzene rings is 2. The van der Waals surface area contributed by atoms with E-state index < -0.39 is 6.04 Å². The summed E-state index contributed by atoms with van der Waals surface area (Å²) in [4.78, 5) is 28.1. The number of carbonyl (C=O) groups is 2. The second-order valence-electron chi connectivity index (χ2n) is 7.85. The van der Waals surface area contributed by atoms with Gasteiger partial charge in [0.05, 0.1) is 16.5 Å². The molecule has 6 heteroatoms. The summed E-state index contributed by atoms with van der Waals surface area (Å²) in [6.07, 6.45) is 5.08. The van der Waals surface area contributed by atoms with Crippen molar-refractivity contribution in [2.45, 2.75) is 64.1 Å². The molecule has 3 rings (SSSR count). The summed E-state index contributed by atoms with van der Waals surface area (Å²) in [5, 5.41) is 4.06. The number of carbonyl (C=O) groups excluding carboxylic acids is 2. The Morgan fingerprint density at radius 3 is 2.37 bits per heavy atom. The molecule has 0 bridgehead atoms. The van der Waals surface area contributed by atoms with Crippen molar-refractivity contribution < 1.29 is 9.59 Å². The zero-order valence-corrected chi connectivity index (χ0v) is 18.8. The molecule has 1 saturated carbocycles. The summed E-state index contributed by atoms with van der Waals surface area (Å²) >= 11 is 12.2. The summed E-state index contributed by atoms with van der Waals surface area (Å²) in [7, 11) is 0. The molecule has 1 aliphatic carbocycles. The highest BCUT2D eigenvalue weighted by atomic mass is 35.5. The molecule has 30 heavy (non-hydrogen) atoms. The first-order chi connectivity index (χ1) is 14.5. The smallest absolute Gasteiger partial charge is 0.243 e. The minimum Gasteiger partial charge on any atom is -0.352 e. The van der Waals surface area contributed by atoms with E-state index in [0.717, 1.165) is 36.8 Å². The quantitative estimate of drug-likeness (QED) is 0.589. The van der Waals surface area contributed by atoms with E-state index >= 15 is 0 Å². The number of nitrogens with one attached hydrogen (secondary N) is 1. The third kappa shape index (κ3) is 5.99. The van der Waals surface area contributed by atoms with E-state index in [0.29, 0.717) is 23.0 Å². The van der Waals surface area contributed by atoms with E-state index in [9.17, 15) is 9.59 Å². The fraction of sp³-hybridized carbons (Fsp3) is 0.417. The van der Waals surface area contributed by atoms with Crippen LogP contribution in [0.2, 0.25) is 10.0 Å². The van der Waals surface area contributed by atoms with Gasteiger partial charge in [0.2, 0.25) is 11.8 Å². The number of nitrogens with zero attached hydrogens (tertiary/aromatic N) is 1. The van der Waals surface area contributed by atoms with Gasteiger partial charge in [0.25, 0.3) is 0 Å². The van der Waals surface area contributed by atoms with Gasteiger partial charge in [0, 0.05) is 12.6 Å². The first-order valence-corrected chi connectivity index (χ1v) is 11.3. The van der Waals surface area contributed by atoms with Crippen LogP contribution in [0.1, 0.15) is 50.2 Å². The molecule has 0 unspecified atom stereocenters. The van der Waals surface area contributed by atoms with Crippen LogP contribution in [0.5, 0.6) is 0 Å². The number of hydrogen-bond donors (Lipinski definition) is 1. The lowest BCUT2D eigenvalue weighted by atomic mass is 10.1. The Morgan fingerprint density at radius 1 is 1.03 bits per heavy atom. The molecule has 2 aromatic carbocycles. The van der Waals surface area contributed by atoms with Crippen LogP contribution >= 0.6 is 23.2 Å². The van der Waals surface area contributed by atoms with Crippen molar-refractivity contribution in [2.24, 2.45) is 0 Å². The topological polar surface area (TPSA) is 49.4 Å². The SMILES string of the molecule is CC[C@@H](C(=O)NC1CCCC1)N(Cc1ccc(Cl)c(Cl)c1)C(=O)Cc1ccccc1. The van der Waals surface area contributed by atoms with Crippen LogP contribution in [0, 0.1) is 0 Å². The summed E-state index contributed by atoms with van der Waals surface area (Å²) in [5.74, 6) is -0.161. The Kier molecular flexibility index (Phi) is 8.17. The Balaban J connectivity index is 1.82. The molecule has 0 aliphatic heterocycles. The summed E-state index contributed by atoms with van der Waals surface area (Å²) in [5.41, 5.74) is 1.77. The van der Waals surface area contributed by atoms with Crippen molar-refractivity contribution in [2.75, 3.05) is 0 Å². The van der Waals surface area contributed by atoms with Gasteiger partial charge in [-0.2, -0.15) is 0 Å². The fourth-order valence-corrected chi connectivity index (χ4v) is 4.31. The molecule has 1 fully saturated rings. The monoisotopic (exact) mass is 446 g/mol. The molecule has 0 heterocycles. The predicted molar refractivity (Wildman–Crippen MR) is 122 cm³/mol. The van der Waals surface area contributed by atoms with Gasteiger partial charge >= 0.3 is 0 Å². The lowest BCUT2D eigenvalue weighted by molar-refractivity contribution is -0.141. The van der Waals surface area contributed by atoms with Crippen LogP contribution in [-0.2, 0) is 22.6 Å². The second-order valence-corrected chi connectivity index (χ2v) is 8.66. The standard InChI is InChI=1S/C24H28Cl2N2O2/c1-2-22(24(30)27-19-10-6-7-11-19)28(16-18-12-13-20(25)21(26)14-18)23(29)15-17-8-4-3-5-9-17/h3-5,8-9,12-14,19,22H,2,6-7,10-11,15-16H2,1H3,(H,27,30)/t22-/m0/s1. The molecule has 0 radical (unpaired) electrons. The number of halogens is 2. The fourth-order valence-electron chi connectivity index (χ4n) is 3.99. The zero-order valence-electron chi connectivity index (χ0n) is 17.2. The van der Waals surface area contributed by atoms with Gasteiger partial charge in [0.1, 0.15) is 6.04 Å². The second kappa shape index (κ2) is 10.8. The molecule has 2 amide bonds. The largest absolute Gasteiger partial charge is 0.352 e. The van der Waals surface area contributed by atoms with Gasteiger partial charge in [-0.1, -0.05) is 79.4 Å². The Morgan fingerprint density at radius 2 is 1.73 bits per heavy atom. The zero-order chi connectivity index (χ0) is 21.5. The highest BCUT2D eigenvalue weighted by molar-refractivity contribution is 6.42. The average Bonchev–Trinajstić information content (AvgIpc) is 3.24. The predicted octanol–water partition coefficient (Wildman–Crippen LogP) is 5.40. The normalized spacial score (nSPS) is 15.0. The lowest BCUT2D eigenvalue weighted by Gasteiger charge is -2.31. The maximum absolute atomic E-state index is 13.3. The van der Waals surface area contributed by atoms with Crippen LogP contribution < -0.4 is 5.32 Å².